The van der Waals surface area contributed by atoms with Crippen LogP contribution in [-0.2, 0) is 0 Å². The maximum Gasteiger partial charge on any atom is 0.352 e. The molecule has 3 aliphatic carbocycles. The van der Waals surface area contributed by atoms with Gasteiger partial charge in [0, 0.05) is 20.5 Å². The Morgan fingerprint density at radius 3 is 1.78 bits per heavy atom. The van der Waals surface area contributed by atoms with E-state index in [2.05, 4.69) is 44.0 Å². The van der Waals surface area contributed by atoms with Gasteiger partial charge in [0.2, 0.25) is 0 Å². The van der Waals surface area contributed by atoms with Crippen molar-refractivity contribution >= 4 is 31.9 Å². The van der Waals surface area contributed by atoms with Crippen molar-refractivity contribution in [3.63, 3.8) is 0 Å². The van der Waals surface area contributed by atoms with Crippen LogP contribution in [0.25, 0.3) is 5.69 Å². The van der Waals surface area contributed by atoms with E-state index in [4.69, 9.17) is 0 Å². The molecule has 2 aliphatic heterocycles. The Morgan fingerprint density at radius 1 is 0.815 bits per heavy atom. The van der Waals surface area contributed by atoms with Crippen LogP contribution in [0.1, 0.15) is 37.8 Å². The predicted octanol–water partition coefficient (Wildman–Crippen LogP) is 3.55. The number of hydrogen-bond acceptors (Lipinski definition) is 2. The number of hydrogen-bond donors (Lipinski definition) is 0. The molecule has 0 unspecified atom stereocenters. The van der Waals surface area contributed by atoms with Crippen molar-refractivity contribution in [3.05, 3.63) is 63.5 Å². The van der Waals surface area contributed by atoms with Crippen LogP contribution in [0.3, 0.4) is 0 Å². The molecule has 0 radical (unpaired) electrons. The first-order valence-corrected chi connectivity index (χ1v) is 11.4. The Morgan fingerprint density at radius 2 is 1.30 bits per heavy atom. The molecule has 1 aromatic heterocycles. The summed E-state index contributed by atoms with van der Waals surface area (Å²) < 4.78 is 4.83. The van der Waals surface area contributed by atoms with Crippen molar-refractivity contribution in [3.8, 4) is 5.69 Å². The Bertz CT molecular complexity index is 1040. The fraction of sp³-hybridized carbons (Fsp3) is 0.500. The highest BCUT2D eigenvalue weighted by atomic mass is 79.9. The zero-order chi connectivity index (χ0) is 18.6. The highest BCUT2D eigenvalue weighted by Crippen LogP contribution is 2.79. The van der Waals surface area contributed by atoms with Gasteiger partial charge in [0.05, 0.1) is 17.8 Å². The number of benzene rings is 1. The monoisotopic (exact) mass is 491 g/mol. The summed E-state index contributed by atoms with van der Waals surface area (Å²) in [7, 11) is 0. The zero-order valence-corrected chi connectivity index (χ0v) is 17.8. The number of para-hydroxylation sites is 1. The van der Waals surface area contributed by atoms with Crippen LogP contribution in [0.4, 0.5) is 0 Å². The van der Waals surface area contributed by atoms with E-state index in [0.29, 0.717) is 15.3 Å². The lowest BCUT2D eigenvalue weighted by atomic mass is 9.37. The summed E-state index contributed by atoms with van der Waals surface area (Å²) in [5.74, 6) is 0. The lowest BCUT2D eigenvalue weighted by Crippen LogP contribution is -2.78. The standard InChI is InChI=1S/C20H19Br2N3O2/c21-15-16(22)20-11-5-4-10-19(15,20)13-8-9-14(20)25-18(27)23(17(26)24(13)25)12-6-2-1-3-7-12/h1-3,6-9,13-16H,4-5,10-11H2/t13-,14+,15-,16-,19+,20-/m1/s1. The van der Waals surface area contributed by atoms with Crippen molar-refractivity contribution in [1.29, 1.82) is 0 Å². The first kappa shape index (κ1) is 16.6. The number of nitrogens with zero attached hydrogens (tertiary/aromatic N) is 3. The molecule has 0 saturated heterocycles. The third-order valence-corrected chi connectivity index (χ3v) is 11.0. The molecular weight excluding hydrogens is 474 g/mol. The SMILES string of the molecule is O=c1n(-c2ccccc2)c(=O)n2n1[C@H]1C=C[C@@H]2[C@]23CCCC[C@]12[C@H](Br)[C@H]3Br. The molecule has 7 heteroatoms. The fourth-order valence-electron chi connectivity index (χ4n) is 6.62. The van der Waals surface area contributed by atoms with E-state index in [9.17, 15) is 9.59 Å². The van der Waals surface area contributed by atoms with Gasteiger partial charge in [0.25, 0.3) is 0 Å². The predicted molar refractivity (Wildman–Crippen MR) is 110 cm³/mol. The average molecular weight is 493 g/mol. The Labute approximate surface area is 172 Å². The number of aromatic nitrogens is 3. The lowest BCUT2D eigenvalue weighted by Gasteiger charge is -2.76. The lowest BCUT2D eigenvalue weighted by molar-refractivity contribution is -0.184. The van der Waals surface area contributed by atoms with Crippen LogP contribution in [0.5, 0.6) is 0 Å². The summed E-state index contributed by atoms with van der Waals surface area (Å²) in [6.45, 7) is 0. The summed E-state index contributed by atoms with van der Waals surface area (Å²) in [5, 5.41) is 0. The van der Waals surface area contributed by atoms with Gasteiger partial charge >= 0.3 is 11.4 Å². The normalized spacial score (nSPS) is 40.8. The van der Waals surface area contributed by atoms with Crippen molar-refractivity contribution in [2.45, 2.75) is 47.4 Å². The molecule has 0 N–H and O–H groups in total. The third kappa shape index (κ3) is 1.58. The summed E-state index contributed by atoms with van der Waals surface area (Å²) >= 11 is 7.91. The molecule has 2 fully saturated rings. The minimum atomic E-state index is -0.225. The van der Waals surface area contributed by atoms with Gasteiger partial charge in [0.1, 0.15) is 0 Å². The molecule has 7 rings (SSSR count). The number of allylic oxidation sites excluding steroid dienone is 2. The zero-order valence-electron chi connectivity index (χ0n) is 14.6. The topological polar surface area (TPSA) is 48.9 Å². The molecule has 2 aromatic rings. The molecule has 1 aromatic carbocycles. The number of rotatable bonds is 1. The largest absolute Gasteiger partial charge is 0.352 e. The van der Waals surface area contributed by atoms with E-state index in [1.807, 2.05) is 30.3 Å². The average Bonchev–Trinajstić information content (AvgIpc) is 2.99. The quantitative estimate of drug-likeness (QED) is 0.451. The van der Waals surface area contributed by atoms with E-state index in [0.717, 1.165) is 12.8 Å². The molecule has 3 heterocycles. The van der Waals surface area contributed by atoms with Crippen LogP contribution < -0.4 is 11.4 Å². The minimum absolute atomic E-state index is 0.00201. The van der Waals surface area contributed by atoms with Gasteiger partial charge in [-0.05, 0) is 25.0 Å². The van der Waals surface area contributed by atoms with Crippen LogP contribution in [-0.4, -0.2) is 23.6 Å². The molecule has 27 heavy (non-hydrogen) atoms. The highest BCUT2D eigenvalue weighted by Gasteiger charge is 2.79. The van der Waals surface area contributed by atoms with Gasteiger partial charge in [0.15, 0.2) is 0 Å². The van der Waals surface area contributed by atoms with E-state index in [1.165, 1.54) is 17.4 Å². The Hall–Kier alpha value is -1.34. The maximum atomic E-state index is 13.4. The first-order chi connectivity index (χ1) is 13.1. The molecule has 5 aliphatic rings. The van der Waals surface area contributed by atoms with Crippen molar-refractivity contribution < 1.29 is 0 Å². The molecule has 2 bridgehead atoms. The molecule has 0 spiro atoms. The fourth-order valence-corrected chi connectivity index (χ4v) is 9.41. The highest BCUT2D eigenvalue weighted by molar-refractivity contribution is 9.12. The van der Waals surface area contributed by atoms with Gasteiger partial charge in [-0.15, -0.1) is 0 Å². The molecule has 140 valence electrons. The Balaban J connectivity index is 1.68. The van der Waals surface area contributed by atoms with Crippen LogP contribution in [0, 0.1) is 10.8 Å². The van der Waals surface area contributed by atoms with Gasteiger partial charge < -0.3 is 0 Å². The van der Waals surface area contributed by atoms with Crippen molar-refractivity contribution in [2.24, 2.45) is 10.8 Å². The van der Waals surface area contributed by atoms with Crippen molar-refractivity contribution in [2.75, 3.05) is 0 Å². The van der Waals surface area contributed by atoms with E-state index >= 15 is 0 Å². The third-order valence-electron chi connectivity index (χ3n) is 7.62. The van der Waals surface area contributed by atoms with E-state index < -0.39 is 0 Å². The second-order valence-electron chi connectivity index (χ2n) is 8.29. The Kier molecular flexibility index (Phi) is 3.18. The summed E-state index contributed by atoms with van der Waals surface area (Å²) in [4.78, 5) is 27.4. The summed E-state index contributed by atoms with van der Waals surface area (Å²) in [5.41, 5.74) is 0.182. The molecule has 0 amide bonds. The molecular formula is C20H19Br2N3O2. The minimum Gasteiger partial charge on any atom is -0.245 e. The first-order valence-electron chi connectivity index (χ1n) is 9.53. The number of halogens is 2. The molecule has 2 saturated carbocycles. The molecule has 5 nitrogen and oxygen atoms in total. The van der Waals surface area contributed by atoms with Gasteiger partial charge in [-0.25, -0.2) is 23.5 Å². The van der Waals surface area contributed by atoms with Gasteiger partial charge in [-0.2, -0.15) is 0 Å². The van der Waals surface area contributed by atoms with Crippen LogP contribution >= 0.6 is 31.9 Å². The van der Waals surface area contributed by atoms with Crippen LogP contribution in [0.2, 0.25) is 0 Å². The maximum absolute atomic E-state index is 13.4. The number of alkyl halides is 2. The smallest absolute Gasteiger partial charge is 0.245 e. The van der Waals surface area contributed by atoms with Gasteiger partial charge in [-0.3, -0.25) is 0 Å². The second kappa shape index (κ2) is 5.17. The van der Waals surface area contributed by atoms with Crippen LogP contribution in [0.15, 0.2) is 52.1 Å². The second-order valence-corrected chi connectivity index (χ2v) is 10.3. The van der Waals surface area contributed by atoms with E-state index in [1.54, 1.807) is 9.36 Å². The summed E-state index contributed by atoms with van der Waals surface area (Å²) in [6.07, 6.45) is 8.90. The van der Waals surface area contributed by atoms with Crippen molar-refractivity contribution in [1.82, 2.24) is 13.9 Å². The molecule has 6 atom stereocenters. The van der Waals surface area contributed by atoms with Gasteiger partial charge in [-0.1, -0.05) is 75.1 Å². The van der Waals surface area contributed by atoms with E-state index in [-0.39, 0.29) is 34.3 Å². The summed E-state index contributed by atoms with van der Waals surface area (Å²) in [6, 6.07) is 9.11.